The van der Waals surface area contributed by atoms with Crippen LogP contribution in [0.5, 0.6) is 0 Å². The van der Waals surface area contributed by atoms with Crippen molar-refractivity contribution in [1.29, 1.82) is 0 Å². The molecule has 0 unspecified atom stereocenters. The minimum atomic E-state index is 1.19. The van der Waals surface area contributed by atoms with Crippen LogP contribution in [-0.2, 0) is 0 Å². The predicted octanol–water partition coefficient (Wildman–Crippen LogP) is 2.70. The first kappa shape index (κ1) is 8.48. The van der Waals surface area contributed by atoms with Crippen molar-refractivity contribution in [3.8, 4) is 11.3 Å². The summed E-state index contributed by atoms with van der Waals surface area (Å²) in [6.07, 6.45) is 4.07. The monoisotopic (exact) mass is 197 g/mol. The third-order valence-corrected chi connectivity index (χ3v) is 2.79. The first-order valence-electron chi connectivity index (χ1n) is 5.14. The Hall–Kier alpha value is -1.83. The molecule has 0 amide bonds. The lowest BCUT2D eigenvalue weighted by Crippen LogP contribution is -2.03. The molecule has 0 saturated carbocycles. The van der Waals surface area contributed by atoms with Gasteiger partial charge in [0.1, 0.15) is 5.69 Å². The summed E-state index contributed by atoms with van der Waals surface area (Å²) in [6, 6.07) is 6.63. The quantitative estimate of drug-likeness (QED) is 0.574. The summed E-state index contributed by atoms with van der Waals surface area (Å²) >= 11 is 0. The standard InChI is InChI=1S/C13H12N2/c1-8-3-10-5-11-4-9(2)7-15-13(11)12(10)14-6-8/h3-7,14H,1-2H3/p+1. The lowest BCUT2D eigenvalue weighted by atomic mass is 10.2. The molecule has 0 aromatic carbocycles. The Balaban J connectivity index is 2.46. The van der Waals surface area contributed by atoms with Gasteiger partial charge in [0.25, 0.3) is 0 Å². The molecule has 0 radical (unpaired) electrons. The molecular weight excluding hydrogens is 184 g/mol. The fourth-order valence-electron chi connectivity index (χ4n) is 2.09. The number of pyridine rings is 2. The Labute approximate surface area is 88.3 Å². The van der Waals surface area contributed by atoms with Crippen LogP contribution in [0.2, 0.25) is 0 Å². The van der Waals surface area contributed by atoms with Gasteiger partial charge in [-0.3, -0.25) is 0 Å². The molecular formula is C13H13N2+. The number of hydrogen-bond acceptors (Lipinski definition) is 0. The molecule has 1 aliphatic carbocycles. The van der Waals surface area contributed by atoms with E-state index in [1.54, 1.807) is 0 Å². The van der Waals surface area contributed by atoms with E-state index < -0.39 is 0 Å². The number of rotatable bonds is 0. The van der Waals surface area contributed by atoms with Crippen LogP contribution in [0.15, 0.2) is 30.6 Å². The molecule has 0 bridgehead atoms. The summed E-state index contributed by atoms with van der Waals surface area (Å²) in [5.74, 6) is 0. The smallest absolute Gasteiger partial charge is 0.235 e. The van der Waals surface area contributed by atoms with Crippen LogP contribution >= 0.6 is 0 Å². The average molecular weight is 197 g/mol. The van der Waals surface area contributed by atoms with Crippen molar-refractivity contribution in [2.24, 2.45) is 0 Å². The Kier molecular flexibility index (Phi) is 1.60. The van der Waals surface area contributed by atoms with E-state index in [-0.39, 0.29) is 0 Å². The number of aromatic nitrogens is 2. The van der Waals surface area contributed by atoms with Crippen molar-refractivity contribution in [1.82, 2.24) is 4.98 Å². The van der Waals surface area contributed by atoms with Gasteiger partial charge in [0.05, 0.1) is 0 Å². The minimum absolute atomic E-state index is 1.19. The lowest BCUT2D eigenvalue weighted by molar-refractivity contribution is -0.344. The van der Waals surface area contributed by atoms with Crippen LogP contribution < -0.4 is 4.98 Å². The van der Waals surface area contributed by atoms with Gasteiger partial charge < -0.3 is 4.98 Å². The summed E-state index contributed by atoms with van der Waals surface area (Å²) in [6.45, 7) is 4.20. The second-order valence-corrected chi connectivity index (χ2v) is 4.16. The van der Waals surface area contributed by atoms with Crippen LogP contribution in [0.3, 0.4) is 0 Å². The molecule has 2 nitrogen and oxygen atoms in total. The van der Waals surface area contributed by atoms with Gasteiger partial charge in [-0.1, -0.05) is 0 Å². The molecule has 0 saturated heterocycles. The van der Waals surface area contributed by atoms with Gasteiger partial charge in [-0.2, -0.15) is 0 Å². The molecule has 2 heteroatoms. The molecule has 1 aromatic heterocycles. The molecule has 1 aliphatic heterocycles. The number of H-pyrrole nitrogens is 2. The van der Waals surface area contributed by atoms with Gasteiger partial charge in [-0.15, -0.1) is 0 Å². The Morgan fingerprint density at radius 1 is 1.07 bits per heavy atom. The van der Waals surface area contributed by atoms with Crippen molar-refractivity contribution in [2.45, 2.75) is 13.8 Å². The van der Waals surface area contributed by atoms with Crippen LogP contribution in [-0.4, -0.2) is 4.98 Å². The summed E-state index contributed by atoms with van der Waals surface area (Å²) in [4.78, 5) is 6.66. The van der Waals surface area contributed by atoms with E-state index in [2.05, 4.69) is 42.0 Å². The van der Waals surface area contributed by atoms with E-state index in [1.807, 2.05) is 12.4 Å². The van der Waals surface area contributed by atoms with Gasteiger partial charge >= 0.3 is 0 Å². The maximum atomic E-state index is 3.33. The maximum absolute atomic E-state index is 3.33. The van der Waals surface area contributed by atoms with Crippen LogP contribution in [0.25, 0.3) is 22.2 Å². The highest BCUT2D eigenvalue weighted by atomic mass is 14.8. The van der Waals surface area contributed by atoms with Crippen molar-refractivity contribution >= 4 is 10.9 Å². The van der Waals surface area contributed by atoms with Gasteiger partial charge in [0.15, 0.2) is 6.20 Å². The number of hydrogen-bond donors (Lipinski definition) is 1. The number of nitrogens with one attached hydrogen (secondary N) is 2. The second kappa shape index (κ2) is 2.83. The molecule has 74 valence electrons. The Morgan fingerprint density at radius 2 is 1.93 bits per heavy atom. The van der Waals surface area contributed by atoms with Crippen LogP contribution in [0.4, 0.5) is 0 Å². The highest BCUT2D eigenvalue weighted by Gasteiger charge is 2.15. The SMILES string of the molecule is Cc1c[nH]c2c3[nH+]cc(C)cc3cc-2c1. The third kappa shape index (κ3) is 1.22. The average Bonchev–Trinajstić information content (AvgIpc) is 2.53. The van der Waals surface area contributed by atoms with Gasteiger partial charge in [-0.25, -0.2) is 4.98 Å². The predicted molar refractivity (Wildman–Crippen MR) is 61.0 cm³/mol. The fourth-order valence-corrected chi connectivity index (χ4v) is 2.09. The van der Waals surface area contributed by atoms with E-state index >= 15 is 0 Å². The van der Waals surface area contributed by atoms with Gasteiger partial charge in [0, 0.05) is 22.7 Å². The topological polar surface area (TPSA) is 29.9 Å². The zero-order valence-corrected chi connectivity index (χ0v) is 8.89. The van der Waals surface area contributed by atoms with Crippen LogP contribution in [0.1, 0.15) is 11.1 Å². The van der Waals surface area contributed by atoms with E-state index in [1.165, 1.54) is 33.3 Å². The molecule has 3 rings (SSSR count). The summed E-state index contributed by atoms with van der Waals surface area (Å²) in [7, 11) is 0. The normalized spacial score (nSPS) is 11.3. The molecule has 2 aliphatic rings. The molecule has 0 fully saturated rings. The molecule has 15 heavy (non-hydrogen) atoms. The van der Waals surface area contributed by atoms with Gasteiger partial charge in [0.2, 0.25) is 5.52 Å². The van der Waals surface area contributed by atoms with E-state index in [0.717, 1.165) is 0 Å². The number of aryl methyl sites for hydroxylation is 2. The lowest BCUT2D eigenvalue weighted by Gasteiger charge is -1.98. The van der Waals surface area contributed by atoms with Crippen molar-refractivity contribution in [3.05, 3.63) is 41.7 Å². The van der Waals surface area contributed by atoms with E-state index in [0.29, 0.717) is 0 Å². The maximum Gasteiger partial charge on any atom is 0.235 e. The highest BCUT2D eigenvalue weighted by Crippen LogP contribution is 2.30. The Bertz CT molecular complexity index is 607. The minimum Gasteiger partial charge on any atom is -0.356 e. The molecule has 2 heterocycles. The first-order valence-corrected chi connectivity index (χ1v) is 5.14. The van der Waals surface area contributed by atoms with Crippen molar-refractivity contribution in [2.75, 3.05) is 0 Å². The largest absolute Gasteiger partial charge is 0.356 e. The van der Waals surface area contributed by atoms with Gasteiger partial charge in [-0.05, 0) is 37.6 Å². The zero-order valence-electron chi connectivity index (χ0n) is 8.89. The zero-order chi connectivity index (χ0) is 10.4. The summed E-state index contributed by atoms with van der Waals surface area (Å²) < 4.78 is 0. The van der Waals surface area contributed by atoms with E-state index in [4.69, 9.17) is 0 Å². The van der Waals surface area contributed by atoms with Crippen molar-refractivity contribution in [3.63, 3.8) is 0 Å². The highest BCUT2D eigenvalue weighted by molar-refractivity contribution is 5.95. The number of aromatic amines is 2. The molecule has 0 spiro atoms. The van der Waals surface area contributed by atoms with Crippen LogP contribution in [0, 0.1) is 13.8 Å². The van der Waals surface area contributed by atoms with E-state index in [9.17, 15) is 0 Å². The fraction of sp³-hybridized carbons (Fsp3) is 0.154. The third-order valence-electron chi connectivity index (χ3n) is 2.79. The molecule has 0 atom stereocenters. The number of fused-ring (bicyclic) bond motifs is 3. The first-order chi connectivity index (χ1) is 7.24. The molecule has 1 aromatic rings. The molecule has 2 N–H and O–H groups in total. The summed E-state index contributed by atoms with van der Waals surface area (Å²) in [5, 5.41) is 1.27. The Morgan fingerprint density at radius 3 is 2.80 bits per heavy atom. The summed E-state index contributed by atoms with van der Waals surface area (Å²) in [5.41, 5.74) is 6.17. The second-order valence-electron chi connectivity index (χ2n) is 4.16. The van der Waals surface area contributed by atoms with Crippen molar-refractivity contribution < 1.29 is 4.98 Å².